The predicted octanol–water partition coefficient (Wildman–Crippen LogP) is 16.1. The van der Waals surface area contributed by atoms with Crippen LogP contribution in [0.2, 0.25) is 36.3 Å². The molecule has 0 aromatic rings. The SMILES string of the molecule is C/C=C/[C@@H](O[Si](C)(C)C(C)(C)C)[C@@](C)(CCCC)OC.CCC[C@@](C)(OC)[C@@H](/C=C/[C@@H]1C(CCCCCCC(=O)OC)C(=O)C[C@H]1C)O[Si](C)(C)C(C)(C)C.COC(=O)CCCCCCC1=C[C@H](C)CC1=O. The fraction of sp³-hybridized carbons (Fsp3) is 0.833. The molecule has 420 valence electrons. The van der Waals surface area contributed by atoms with Gasteiger partial charge in [0.15, 0.2) is 22.4 Å². The van der Waals surface area contributed by atoms with Gasteiger partial charge in [-0.25, -0.2) is 0 Å². The van der Waals surface area contributed by atoms with E-state index >= 15 is 0 Å². The summed E-state index contributed by atoms with van der Waals surface area (Å²) in [6, 6.07) is 0. The Morgan fingerprint density at radius 2 is 1.12 bits per heavy atom. The van der Waals surface area contributed by atoms with E-state index in [1.165, 1.54) is 27.1 Å². The summed E-state index contributed by atoms with van der Waals surface area (Å²) < 4.78 is 34.8. The minimum atomic E-state index is -2.02. The van der Waals surface area contributed by atoms with Crippen molar-refractivity contribution in [1.82, 2.24) is 0 Å². The Morgan fingerprint density at radius 1 is 0.653 bits per heavy atom. The van der Waals surface area contributed by atoms with Gasteiger partial charge in [-0.3, -0.25) is 19.2 Å². The van der Waals surface area contributed by atoms with Gasteiger partial charge in [-0.1, -0.05) is 151 Å². The molecule has 0 aromatic carbocycles. The molecule has 10 nitrogen and oxygen atoms in total. The van der Waals surface area contributed by atoms with E-state index in [-0.39, 0.29) is 51.7 Å². The smallest absolute Gasteiger partial charge is 0.305 e. The Bertz CT molecular complexity index is 1670. The van der Waals surface area contributed by atoms with Crippen LogP contribution >= 0.6 is 0 Å². The van der Waals surface area contributed by atoms with Crippen LogP contribution in [0.25, 0.3) is 0 Å². The Hall–Kier alpha value is -2.23. The van der Waals surface area contributed by atoms with Crippen LogP contribution in [-0.2, 0) is 47.0 Å². The second-order valence-corrected chi connectivity index (χ2v) is 34.1. The minimum absolute atomic E-state index is 0.0324. The standard InChI is InChI=1S/C29H54O5Si.C17H36O2Si.C14H22O3/c1-11-20-29(6,33-8)26(34-35(9,10)28(3,4)5)19-18-23-22(2)21-25(30)24(23)16-14-12-13-15-17-27(31)32-7;1-10-12-14-17(6,18-7)15(13-11-2)19-20(8,9)16(3,4)5;1-11-9-12(13(15)10-11)7-5-3-4-6-8-14(16)17-2/h18-19,22-24,26H,11-17,20-21H2,1-10H3;11,13,15H,10,12,14H2,1-9H3;9,11H,3-8,10H2,1-2H3/b19-18+;13-11+;/t22-,23+,24?,26-,29-;15-,17-;11-/m110/s1. The van der Waals surface area contributed by atoms with Gasteiger partial charge in [0, 0.05) is 45.8 Å². The van der Waals surface area contributed by atoms with Crippen molar-refractivity contribution in [3.63, 3.8) is 0 Å². The number of Topliss-reactive ketones (excluding diaryl/α,β-unsaturated/α-hetero) is 2. The molecule has 0 amide bonds. The third-order valence-corrected chi connectivity index (χ3v) is 25.2. The molecule has 2 aliphatic rings. The Kier molecular flexibility index (Phi) is 32.7. The lowest BCUT2D eigenvalue weighted by molar-refractivity contribution is -0.141. The molecule has 2 aliphatic carbocycles. The first-order chi connectivity index (χ1) is 33.4. The molecule has 0 saturated heterocycles. The van der Waals surface area contributed by atoms with Crippen molar-refractivity contribution >= 4 is 40.1 Å². The number of carbonyl (C=O) groups is 4. The van der Waals surface area contributed by atoms with Gasteiger partial charge in [0.1, 0.15) is 5.78 Å². The number of ketones is 2. The highest BCUT2D eigenvalue weighted by molar-refractivity contribution is 6.74. The number of hydrogen-bond acceptors (Lipinski definition) is 10. The van der Waals surface area contributed by atoms with Crippen LogP contribution in [0.1, 0.15) is 212 Å². The molecule has 72 heavy (non-hydrogen) atoms. The van der Waals surface area contributed by atoms with E-state index < -0.39 is 22.2 Å². The second kappa shape index (κ2) is 33.7. The number of ether oxygens (including phenoxy) is 4. The lowest BCUT2D eigenvalue weighted by Gasteiger charge is -2.44. The molecule has 0 radical (unpaired) electrons. The van der Waals surface area contributed by atoms with E-state index in [9.17, 15) is 19.2 Å². The topological polar surface area (TPSA) is 124 Å². The quantitative estimate of drug-likeness (QED) is 0.0297. The lowest BCUT2D eigenvalue weighted by atomic mass is 9.84. The largest absolute Gasteiger partial charge is 0.469 e. The third kappa shape index (κ3) is 24.6. The molecule has 1 saturated carbocycles. The maximum atomic E-state index is 12.9. The van der Waals surface area contributed by atoms with E-state index in [2.05, 4.69) is 151 Å². The van der Waals surface area contributed by atoms with Crippen molar-refractivity contribution in [3.05, 3.63) is 36.0 Å². The molecule has 0 spiro atoms. The van der Waals surface area contributed by atoms with Crippen molar-refractivity contribution in [3.8, 4) is 0 Å². The summed E-state index contributed by atoms with van der Waals surface area (Å²) >= 11 is 0. The van der Waals surface area contributed by atoms with Gasteiger partial charge >= 0.3 is 11.9 Å². The molecule has 0 heterocycles. The maximum Gasteiger partial charge on any atom is 0.305 e. The summed E-state index contributed by atoms with van der Waals surface area (Å²) in [6.45, 7) is 37.9. The number of hydrogen-bond donors (Lipinski definition) is 0. The summed E-state index contributed by atoms with van der Waals surface area (Å²) in [7, 11) is 2.62. The van der Waals surface area contributed by atoms with Crippen LogP contribution in [0.3, 0.4) is 0 Å². The van der Waals surface area contributed by atoms with Gasteiger partial charge in [-0.2, -0.15) is 0 Å². The first-order valence-electron chi connectivity index (χ1n) is 28.1. The zero-order chi connectivity index (χ0) is 55.6. The summed E-state index contributed by atoms with van der Waals surface area (Å²) in [5, 5.41) is 0.319. The highest BCUT2D eigenvalue weighted by Gasteiger charge is 2.45. The molecule has 0 N–H and O–H groups in total. The highest BCUT2D eigenvalue weighted by Crippen LogP contribution is 2.43. The van der Waals surface area contributed by atoms with E-state index in [1.54, 1.807) is 14.2 Å². The van der Waals surface area contributed by atoms with Crippen molar-refractivity contribution in [2.24, 2.45) is 23.7 Å². The predicted molar refractivity (Wildman–Crippen MR) is 305 cm³/mol. The summed E-state index contributed by atoms with van der Waals surface area (Å²) in [6.07, 6.45) is 28.2. The maximum absolute atomic E-state index is 12.9. The molecule has 2 rings (SSSR count). The van der Waals surface area contributed by atoms with Crippen LogP contribution in [-0.4, -0.2) is 92.0 Å². The highest BCUT2D eigenvalue weighted by atomic mass is 28.4. The molecule has 8 atom stereocenters. The van der Waals surface area contributed by atoms with Crippen LogP contribution in [0, 0.1) is 23.7 Å². The average molecular weight is 1050 g/mol. The van der Waals surface area contributed by atoms with Gasteiger partial charge in [-0.05, 0) is 125 Å². The first kappa shape index (κ1) is 69.8. The second-order valence-electron chi connectivity index (χ2n) is 24.5. The van der Waals surface area contributed by atoms with Gasteiger partial charge < -0.3 is 27.8 Å². The van der Waals surface area contributed by atoms with E-state index in [1.807, 2.05) is 0 Å². The van der Waals surface area contributed by atoms with Crippen molar-refractivity contribution < 1.29 is 47.0 Å². The fourth-order valence-electron chi connectivity index (χ4n) is 9.04. The Labute approximate surface area is 445 Å². The lowest BCUT2D eigenvalue weighted by Crippen LogP contribution is -2.51. The number of methoxy groups -OCH3 is 4. The first-order valence-corrected chi connectivity index (χ1v) is 33.9. The van der Waals surface area contributed by atoms with Gasteiger partial charge in [-0.15, -0.1) is 0 Å². The van der Waals surface area contributed by atoms with Crippen molar-refractivity contribution in [2.75, 3.05) is 28.4 Å². The number of esters is 2. The van der Waals surface area contributed by atoms with Gasteiger partial charge in [0.2, 0.25) is 0 Å². The third-order valence-electron chi connectivity index (χ3n) is 16.3. The molecule has 0 aliphatic heterocycles. The average Bonchev–Trinajstić information content (AvgIpc) is 3.77. The van der Waals surface area contributed by atoms with Crippen molar-refractivity contribution in [2.45, 2.75) is 272 Å². The van der Waals surface area contributed by atoms with E-state index in [4.69, 9.17) is 23.1 Å². The zero-order valence-electron chi connectivity index (χ0n) is 50.4. The Morgan fingerprint density at radius 3 is 1.54 bits per heavy atom. The molecule has 12 heteroatoms. The summed E-state index contributed by atoms with van der Waals surface area (Å²) in [5.74, 6) is 1.54. The number of allylic oxidation sites excluding steroid dienone is 4. The van der Waals surface area contributed by atoms with Gasteiger partial charge in [0.25, 0.3) is 0 Å². The minimum Gasteiger partial charge on any atom is -0.469 e. The number of unbranched alkanes of at least 4 members (excludes halogenated alkanes) is 7. The fourth-order valence-corrected chi connectivity index (χ4v) is 11.7. The number of carbonyl (C=O) groups excluding carboxylic acids is 4. The molecular weight excluding hydrogens is 937 g/mol. The normalized spacial score (nSPS) is 21.3. The number of rotatable bonds is 30. The van der Waals surface area contributed by atoms with E-state index in [0.717, 1.165) is 89.0 Å². The van der Waals surface area contributed by atoms with Crippen LogP contribution < -0.4 is 0 Å². The summed E-state index contributed by atoms with van der Waals surface area (Å²) in [5.41, 5.74) is 0.380. The van der Waals surface area contributed by atoms with E-state index in [0.29, 0.717) is 49.1 Å². The molecular formula is C60H112O10Si2. The van der Waals surface area contributed by atoms with Crippen LogP contribution in [0.15, 0.2) is 36.0 Å². The van der Waals surface area contributed by atoms with Crippen molar-refractivity contribution in [1.29, 1.82) is 0 Å². The van der Waals surface area contributed by atoms with Crippen LogP contribution in [0.5, 0.6) is 0 Å². The van der Waals surface area contributed by atoms with Crippen LogP contribution in [0.4, 0.5) is 0 Å². The molecule has 0 bridgehead atoms. The zero-order valence-corrected chi connectivity index (χ0v) is 52.4. The molecule has 1 unspecified atom stereocenters. The summed E-state index contributed by atoms with van der Waals surface area (Å²) in [4.78, 5) is 46.5. The Balaban J connectivity index is 0.00000115. The molecule has 1 fully saturated rings. The molecule has 0 aromatic heterocycles. The monoisotopic (exact) mass is 1050 g/mol. The van der Waals surface area contributed by atoms with Gasteiger partial charge in [0.05, 0.1) is 37.6 Å².